The zero-order valence-corrected chi connectivity index (χ0v) is 13.7. The van der Waals surface area contributed by atoms with Crippen molar-refractivity contribution in [3.05, 3.63) is 60.4 Å². The number of hydrogen-bond acceptors (Lipinski definition) is 3. The molecule has 132 valence electrons. The summed E-state index contributed by atoms with van der Waals surface area (Å²) in [6, 6.07) is 13.8. The van der Waals surface area contributed by atoms with Crippen molar-refractivity contribution in [1.29, 1.82) is 0 Å². The average Bonchev–Trinajstić information content (AvgIpc) is 2.95. The van der Waals surface area contributed by atoms with Crippen LogP contribution in [-0.2, 0) is 22.7 Å². The van der Waals surface area contributed by atoms with Crippen molar-refractivity contribution in [3.63, 3.8) is 0 Å². The molecule has 9 heteroatoms. The molecule has 0 aliphatic carbocycles. The molecule has 0 unspecified atom stereocenters. The molecule has 5 nitrogen and oxygen atoms in total. The molecule has 1 aromatic heterocycles. The van der Waals surface area contributed by atoms with E-state index < -0.39 is 22.0 Å². The summed E-state index contributed by atoms with van der Waals surface area (Å²) in [5.74, 6) is -1.05. The van der Waals surface area contributed by atoms with Gasteiger partial charge in [0.2, 0.25) is 15.8 Å². The van der Waals surface area contributed by atoms with Crippen LogP contribution in [0.4, 0.5) is 13.2 Å². The summed E-state index contributed by atoms with van der Waals surface area (Å²) in [5.41, 5.74) is 0.509. The van der Waals surface area contributed by atoms with E-state index in [9.17, 15) is 21.6 Å². The van der Waals surface area contributed by atoms with Crippen LogP contribution in [0.2, 0.25) is 0 Å². The van der Waals surface area contributed by atoms with Gasteiger partial charge in [-0.1, -0.05) is 30.3 Å². The lowest BCUT2D eigenvalue weighted by atomic mass is 10.3. The number of rotatable bonds is 5. The number of sulfonamides is 1. The largest absolute Gasteiger partial charge is 0.449 e. The van der Waals surface area contributed by atoms with Gasteiger partial charge in [0.05, 0.1) is 15.9 Å². The van der Waals surface area contributed by atoms with Crippen LogP contribution >= 0.6 is 0 Å². The molecule has 0 radical (unpaired) electrons. The summed E-state index contributed by atoms with van der Waals surface area (Å²) in [6.45, 7) is -0.387. The fourth-order valence-corrected chi connectivity index (χ4v) is 3.54. The van der Waals surface area contributed by atoms with Gasteiger partial charge in [0.1, 0.15) is 0 Å². The monoisotopic (exact) mass is 369 g/mol. The topological polar surface area (TPSA) is 64.0 Å². The summed E-state index contributed by atoms with van der Waals surface area (Å²) in [5, 5.41) is 0. The van der Waals surface area contributed by atoms with Gasteiger partial charge in [0.15, 0.2) is 0 Å². The Hall–Kier alpha value is -2.39. The summed E-state index contributed by atoms with van der Waals surface area (Å²) in [6.07, 6.45) is -4.63. The smallest absolute Gasteiger partial charge is 0.319 e. The number of nitrogens with zero attached hydrogens (tertiary/aromatic N) is 2. The maximum absolute atomic E-state index is 13.2. The Morgan fingerprint density at radius 1 is 1.00 bits per heavy atom. The second-order valence-electron chi connectivity index (χ2n) is 5.28. The Morgan fingerprint density at radius 3 is 2.32 bits per heavy atom. The second-order valence-corrected chi connectivity index (χ2v) is 7.05. The molecule has 0 fully saturated rings. The lowest BCUT2D eigenvalue weighted by Gasteiger charge is -2.12. The molecule has 0 atom stereocenters. The summed E-state index contributed by atoms with van der Waals surface area (Å²) >= 11 is 0. The molecule has 25 heavy (non-hydrogen) atoms. The number of imidazole rings is 1. The number of hydrogen-bond donors (Lipinski definition) is 1. The van der Waals surface area contributed by atoms with Crippen molar-refractivity contribution in [1.82, 2.24) is 14.3 Å². The molecule has 0 spiro atoms. The molecule has 1 N–H and O–H groups in total. The van der Waals surface area contributed by atoms with Crippen LogP contribution in [0.15, 0.2) is 59.5 Å². The zero-order chi connectivity index (χ0) is 18.1. The van der Waals surface area contributed by atoms with Gasteiger partial charge >= 0.3 is 6.18 Å². The predicted octanol–water partition coefficient (Wildman–Crippen LogP) is 3.03. The van der Waals surface area contributed by atoms with E-state index in [-0.39, 0.29) is 23.5 Å². The summed E-state index contributed by atoms with van der Waals surface area (Å²) in [4.78, 5) is 3.67. The third-order valence-corrected chi connectivity index (χ3v) is 5.07. The molecule has 0 saturated heterocycles. The van der Waals surface area contributed by atoms with Gasteiger partial charge in [-0.05, 0) is 24.3 Å². The Morgan fingerprint density at radius 2 is 1.64 bits per heavy atom. The van der Waals surface area contributed by atoms with Crippen LogP contribution in [0.1, 0.15) is 5.82 Å². The SMILES string of the molecule is O=S(=O)(NCCn1c(C(F)(F)F)nc2ccccc21)c1ccccc1. The van der Waals surface area contributed by atoms with Gasteiger partial charge in [-0.25, -0.2) is 18.1 Å². The molecule has 0 aliphatic rings. The van der Waals surface area contributed by atoms with E-state index in [1.165, 1.54) is 24.3 Å². The minimum absolute atomic E-state index is 0.0570. The van der Waals surface area contributed by atoms with Crippen LogP contribution in [0, 0.1) is 0 Å². The Balaban J connectivity index is 1.84. The van der Waals surface area contributed by atoms with Gasteiger partial charge in [0.25, 0.3) is 0 Å². The number of fused-ring (bicyclic) bond motifs is 1. The van der Waals surface area contributed by atoms with Crippen molar-refractivity contribution in [2.24, 2.45) is 0 Å². The van der Waals surface area contributed by atoms with Gasteiger partial charge in [-0.15, -0.1) is 0 Å². The van der Waals surface area contributed by atoms with Crippen molar-refractivity contribution in [2.75, 3.05) is 6.54 Å². The molecule has 2 aromatic carbocycles. The van der Waals surface area contributed by atoms with Crippen LogP contribution < -0.4 is 4.72 Å². The third kappa shape index (κ3) is 3.67. The lowest BCUT2D eigenvalue weighted by Crippen LogP contribution is -2.28. The van der Waals surface area contributed by atoms with E-state index in [2.05, 4.69) is 9.71 Å². The Bertz CT molecular complexity index is 983. The molecule has 0 amide bonds. The number of para-hydroxylation sites is 2. The first-order chi connectivity index (χ1) is 11.8. The summed E-state index contributed by atoms with van der Waals surface area (Å²) < 4.78 is 67.2. The van der Waals surface area contributed by atoms with Crippen molar-refractivity contribution < 1.29 is 21.6 Å². The minimum atomic E-state index is -4.63. The highest BCUT2D eigenvalue weighted by Gasteiger charge is 2.37. The van der Waals surface area contributed by atoms with Crippen LogP contribution in [0.5, 0.6) is 0 Å². The zero-order valence-electron chi connectivity index (χ0n) is 12.9. The first-order valence-electron chi connectivity index (χ1n) is 7.36. The fourth-order valence-electron chi connectivity index (χ4n) is 2.49. The standard InChI is InChI=1S/C16H14F3N3O2S/c17-16(18,19)15-21-13-8-4-5-9-14(13)22(15)11-10-20-25(23,24)12-6-2-1-3-7-12/h1-9,20H,10-11H2. The van der Waals surface area contributed by atoms with Gasteiger partial charge < -0.3 is 4.57 Å². The first-order valence-corrected chi connectivity index (χ1v) is 8.84. The normalized spacial score (nSPS) is 12.6. The fraction of sp³-hybridized carbons (Fsp3) is 0.188. The molecular formula is C16H14F3N3O2S. The van der Waals surface area contributed by atoms with Gasteiger partial charge in [0, 0.05) is 13.1 Å². The van der Waals surface area contributed by atoms with E-state index in [0.29, 0.717) is 5.52 Å². The Kier molecular flexibility index (Phi) is 4.53. The van der Waals surface area contributed by atoms with E-state index in [1.54, 1.807) is 30.3 Å². The minimum Gasteiger partial charge on any atom is -0.319 e. The van der Waals surface area contributed by atoms with Gasteiger partial charge in [-0.3, -0.25) is 0 Å². The van der Waals surface area contributed by atoms with Crippen molar-refractivity contribution in [2.45, 2.75) is 17.6 Å². The van der Waals surface area contributed by atoms with Crippen LogP contribution in [0.3, 0.4) is 0 Å². The van der Waals surface area contributed by atoms with Gasteiger partial charge in [-0.2, -0.15) is 13.2 Å². The highest BCUT2D eigenvalue weighted by molar-refractivity contribution is 7.89. The molecule has 1 heterocycles. The average molecular weight is 369 g/mol. The molecule has 0 bridgehead atoms. The number of alkyl halides is 3. The number of aromatic nitrogens is 2. The lowest BCUT2D eigenvalue weighted by molar-refractivity contribution is -0.146. The van der Waals surface area contributed by atoms with Crippen molar-refractivity contribution >= 4 is 21.1 Å². The molecule has 3 rings (SSSR count). The second kappa shape index (κ2) is 6.49. The molecular weight excluding hydrogens is 355 g/mol. The first kappa shape index (κ1) is 17.4. The quantitative estimate of drug-likeness (QED) is 0.752. The van der Waals surface area contributed by atoms with E-state index >= 15 is 0 Å². The van der Waals surface area contributed by atoms with Crippen LogP contribution in [0.25, 0.3) is 11.0 Å². The molecule has 3 aromatic rings. The third-order valence-electron chi connectivity index (χ3n) is 3.59. The molecule has 0 aliphatic heterocycles. The van der Waals surface area contributed by atoms with E-state index in [4.69, 9.17) is 0 Å². The van der Waals surface area contributed by atoms with Crippen LogP contribution in [-0.4, -0.2) is 24.5 Å². The predicted molar refractivity (Wildman–Crippen MR) is 86.4 cm³/mol. The van der Waals surface area contributed by atoms with Crippen molar-refractivity contribution in [3.8, 4) is 0 Å². The highest BCUT2D eigenvalue weighted by atomic mass is 32.2. The number of benzene rings is 2. The molecule has 0 saturated carbocycles. The maximum Gasteiger partial charge on any atom is 0.449 e. The van der Waals surface area contributed by atoms with E-state index in [1.807, 2.05) is 0 Å². The number of halogens is 3. The highest BCUT2D eigenvalue weighted by Crippen LogP contribution is 2.31. The maximum atomic E-state index is 13.2. The van der Waals surface area contributed by atoms with E-state index in [0.717, 1.165) is 4.57 Å². The Labute approximate surface area is 142 Å². The number of nitrogens with one attached hydrogen (secondary N) is 1. The summed E-state index contributed by atoms with van der Waals surface area (Å²) in [7, 11) is -3.78.